The van der Waals surface area contributed by atoms with E-state index in [1.54, 1.807) is 10.8 Å². The number of pyridine rings is 1. The number of aliphatic hydroxyl groups is 1. The number of fused-ring (bicyclic) bond motifs is 1. The zero-order chi connectivity index (χ0) is 14.2. The van der Waals surface area contributed by atoms with Gasteiger partial charge in [-0.05, 0) is 56.2 Å². The van der Waals surface area contributed by atoms with Crippen molar-refractivity contribution in [3.8, 4) is 0 Å². The minimum atomic E-state index is -0.594. The summed E-state index contributed by atoms with van der Waals surface area (Å²) in [6, 6.07) is 4.03. The molecule has 108 valence electrons. The van der Waals surface area contributed by atoms with Crippen LogP contribution in [0.2, 0.25) is 0 Å². The summed E-state index contributed by atoms with van der Waals surface area (Å²) in [5.41, 5.74) is 1.37. The molecule has 0 radical (unpaired) electrons. The van der Waals surface area contributed by atoms with E-state index in [1.165, 1.54) is 0 Å². The molecule has 2 aromatic heterocycles. The second-order valence-electron chi connectivity index (χ2n) is 6.21. The second-order valence-corrected chi connectivity index (χ2v) is 6.21. The zero-order valence-corrected chi connectivity index (χ0v) is 12.1. The van der Waals surface area contributed by atoms with Gasteiger partial charge in [-0.15, -0.1) is 0 Å². The number of hydrogen-bond donors (Lipinski definition) is 2. The van der Waals surface area contributed by atoms with Gasteiger partial charge in [-0.25, -0.2) is 4.98 Å². The Kier molecular flexibility index (Phi) is 3.38. The van der Waals surface area contributed by atoms with Gasteiger partial charge in [0.15, 0.2) is 5.65 Å². The van der Waals surface area contributed by atoms with Gasteiger partial charge in [0.2, 0.25) is 0 Å². The molecule has 0 bridgehead atoms. The predicted molar refractivity (Wildman–Crippen MR) is 78.8 cm³/mol. The van der Waals surface area contributed by atoms with E-state index < -0.39 is 5.60 Å². The minimum absolute atomic E-state index is 0.568. The van der Waals surface area contributed by atoms with Crippen LogP contribution >= 0.6 is 0 Å². The van der Waals surface area contributed by atoms with Crippen LogP contribution in [0.4, 0.5) is 5.82 Å². The fraction of sp³-hybridized carbons (Fsp3) is 0.600. The lowest BCUT2D eigenvalue weighted by Gasteiger charge is -2.35. The Hall–Kier alpha value is -1.62. The van der Waals surface area contributed by atoms with Gasteiger partial charge in [0.1, 0.15) is 12.1 Å². The Balaban J connectivity index is 1.75. The lowest BCUT2D eigenvalue weighted by molar-refractivity contribution is 0.00492. The van der Waals surface area contributed by atoms with E-state index in [-0.39, 0.29) is 0 Å². The van der Waals surface area contributed by atoms with Crippen molar-refractivity contribution in [2.75, 3.05) is 11.9 Å². The Morgan fingerprint density at radius 3 is 2.90 bits per heavy atom. The van der Waals surface area contributed by atoms with Crippen molar-refractivity contribution in [1.82, 2.24) is 14.6 Å². The zero-order valence-electron chi connectivity index (χ0n) is 12.1. The number of anilines is 1. The number of aromatic nitrogens is 3. The number of nitrogens with zero attached hydrogens (tertiary/aromatic N) is 3. The van der Waals surface area contributed by atoms with Crippen molar-refractivity contribution in [2.24, 2.45) is 5.92 Å². The van der Waals surface area contributed by atoms with Crippen LogP contribution in [-0.2, 0) is 0 Å². The van der Waals surface area contributed by atoms with E-state index in [2.05, 4.69) is 22.3 Å². The van der Waals surface area contributed by atoms with E-state index in [9.17, 15) is 5.11 Å². The third-order valence-electron chi connectivity index (χ3n) is 4.33. The molecule has 0 saturated heterocycles. The first-order valence-corrected chi connectivity index (χ1v) is 7.32. The molecule has 5 heteroatoms. The summed E-state index contributed by atoms with van der Waals surface area (Å²) in [5, 5.41) is 18.2. The van der Waals surface area contributed by atoms with E-state index in [0.717, 1.165) is 48.6 Å². The summed E-state index contributed by atoms with van der Waals surface area (Å²) in [5.74, 6) is 1.63. The van der Waals surface area contributed by atoms with Crippen LogP contribution in [0.1, 0.15) is 38.2 Å². The van der Waals surface area contributed by atoms with Gasteiger partial charge in [0, 0.05) is 6.54 Å². The van der Waals surface area contributed by atoms with Gasteiger partial charge in [0.05, 0.1) is 5.60 Å². The molecule has 20 heavy (non-hydrogen) atoms. The number of aryl methyl sites for hydroxylation is 1. The molecule has 1 aliphatic carbocycles. The van der Waals surface area contributed by atoms with Crippen molar-refractivity contribution in [3.63, 3.8) is 0 Å². The molecule has 3 rings (SSSR count). The molecular formula is C15H22N4O. The third-order valence-corrected chi connectivity index (χ3v) is 4.33. The van der Waals surface area contributed by atoms with Crippen LogP contribution in [0.15, 0.2) is 18.5 Å². The Labute approximate surface area is 119 Å². The van der Waals surface area contributed by atoms with Crippen molar-refractivity contribution in [2.45, 2.75) is 45.1 Å². The third kappa shape index (κ3) is 2.63. The van der Waals surface area contributed by atoms with Crippen molar-refractivity contribution in [3.05, 3.63) is 24.0 Å². The number of rotatable bonds is 3. The molecule has 2 N–H and O–H groups in total. The molecule has 0 spiro atoms. The normalized spacial score (nSPS) is 26.9. The maximum atomic E-state index is 10.6. The van der Waals surface area contributed by atoms with Crippen LogP contribution in [0.3, 0.4) is 0 Å². The second kappa shape index (κ2) is 5.05. The van der Waals surface area contributed by atoms with Crippen LogP contribution < -0.4 is 5.32 Å². The molecule has 1 saturated carbocycles. The lowest BCUT2D eigenvalue weighted by atomic mass is 9.79. The van der Waals surface area contributed by atoms with E-state index in [4.69, 9.17) is 0 Å². The van der Waals surface area contributed by atoms with E-state index in [0.29, 0.717) is 6.54 Å². The van der Waals surface area contributed by atoms with Crippen LogP contribution in [0.25, 0.3) is 5.65 Å². The molecule has 2 heterocycles. The number of hydrogen-bond acceptors (Lipinski definition) is 4. The van der Waals surface area contributed by atoms with Crippen molar-refractivity contribution >= 4 is 11.5 Å². The highest BCUT2D eigenvalue weighted by molar-refractivity contribution is 5.51. The van der Waals surface area contributed by atoms with Gasteiger partial charge in [0.25, 0.3) is 0 Å². The van der Waals surface area contributed by atoms with Gasteiger partial charge < -0.3 is 10.4 Å². The van der Waals surface area contributed by atoms with Gasteiger partial charge in [-0.2, -0.15) is 9.61 Å². The van der Waals surface area contributed by atoms with E-state index >= 15 is 0 Å². The van der Waals surface area contributed by atoms with E-state index in [1.807, 2.05) is 19.1 Å². The topological polar surface area (TPSA) is 62.5 Å². The Morgan fingerprint density at radius 1 is 1.40 bits per heavy atom. The van der Waals surface area contributed by atoms with Crippen LogP contribution in [0.5, 0.6) is 0 Å². The maximum Gasteiger partial charge on any atom is 0.157 e. The van der Waals surface area contributed by atoms with Gasteiger partial charge in [-0.1, -0.05) is 6.92 Å². The highest BCUT2D eigenvalue weighted by Gasteiger charge is 2.31. The monoisotopic (exact) mass is 274 g/mol. The van der Waals surface area contributed by atoms with Crippen LogP contribution in [-0.4, -0.2) is 31.9 Å². The standard InChI is InChI=1S/C15H22N4O/c1-11-3-5-15(20,6-4-11)9-16-13-7-12(2)8-14-17-10-18-19(13)14/h7-8,10-11,16,20H,3-6,9H2,1-2H3. The molecule has 1 aliphatic rings. The highest BCUT2D eigenvalue weighted by atomic mass is 16.3. The Morgan fingerprint density at radius 2 is 2.15 bits per heavy atom. The van der Waals surface area contributed by atoms with Crippen LogP contribution in [0, 0.1) is 12.8 Å². The molecular weight excluding hydrogens is 252 g/mol. The largest absolute Gasteiger partial charge is 0.388 e. The molecule has 1 fully saturated rings. The molecule has 0 aromatic carbocycles. The summed E-state index contributed by atoms with van der Waals surface area (Å²) in [6.45, 7) is 4.86. The molecule has 0 unspecified atom stereocenters. The molecule has 0 atom stereocenters. The van der Waals surface area contributed by atoms with Crippen molar-refractivity contribution < 1.29 is 5.11 Å². The first kappa shape index (κ1) is 13.4. The van der Waals surface area contributed by atoms with Gasteiger partial charge >= 0.3 is 0 Å². The summed E-state index contributed by atoms with van der Waals surface area (Å²) in [4.78, 5) is 4.21. The molecule has 0 amide bonds. The summed E-state index contributed by atoms with van der Waals surface area (Å²) >= 11 is 0. The highest BCUT2D eigenvalue weighted by Crippen LogP contribution is 2.32. The average molecular weight is 274 g/mol. The van der Waals surface area contributed by atoms with Gasteiger partial charge in [-0.3, -0.25) is 0 Å². The lowest BCUT2D eigenvalue weighted by Crippen LogP contribution is -2.40. The molecule has 2 aromatic rings. The summed E-state index contributed by atoms with van der Waals surface area (Å²) in [6.07, 6.45) is 5.49. The average Bonchev–Trinajstić information content (AvgIpc) is 2.88. The number of nitrogens with one attached hydrogen (secondary N) is 1. The first-order valence-electron chi connectivity index (χ1n) is 7.32. The fourth-order valence-electron chi connectivity index (χ4n) is 2.91. The summed E-state index contributed by atoms with van der Waals surface area (Å²) in [7, 11) is 0. The molecule has 0 aliphatic heterocycles. The smallest absolute Gasteiger partial charge is 0.157 e. The fourth-order valence-corrected chi connectivity index (χ4v) is 2.91. The maximum absolute atomic E-state index is 10.6. The Bertz CT molecular complexity index is 599. The predicted octanol–water partition coefficient (Wildman–Crippen LogP) is 2.39. The minimum Gasteiger partial charge on any atom is -0.388 e. The SMILES string of the molecule is Cc1cc(NCC2(O)CCC(C)CC2)n2ncnc2c1. The molecule has 5 nitrogen and oxygen atoms in total. The quantitative estimate of drug-likeness (QED) is 0.902. The van der Waals surface area contributed by atoms with Crippen molar-refractivity contribution in [1.29, 1.82) is 0 Å². The first-order chi connectivity index (χ1) is 9.56. The summed E-state index contributed by atoms with van der Waals surface area (Å²) < 4.78 is 1.78.